The van der Waals surface area contributed by atoms with Gasteiger partial charge in [0.15, 0.2) is 5.82 Å². The van der Waals surface area contributed by atoms with Crippen molar-refractivity contribution >= 4 is 27.5 Å². The van der Waals surface area contributed by atoms with E-state index in [1.165, 1.54) is 18.2 Å². The van der Waals surface area contributed by atoms with Crippen molar-refractivity contribution in [1.82, 2.24) is 25.2 Å². The van der Waals surface area contributed by atoms with Crippen LogP contribution >= 0.6 is 0 Å². The number of hydrogen-bond donors (Lipinski definition) is 2. The van der Waals surface area contributed by atoms with Crippen LogP contribution in [0, 0.1) is 24.0 Å². The molecule has 3 fully saturated rings. The van der Waals surface area contributed by atoms with Crippen LogP contribution < -0.4 is 15.0 Å². The Labute approximate surface area is 293 Å². The Bertz CT molecular complexity index is 1940. The second-order valence-corrected chi connectivity index (χ2v) is 14.0. The first-order valence-electron chi connectivity index (χ1n) is 17.9. The van der Waals surface area contributed by atoms with E-state index in [4.69, 9.17) is 14.7 Å². The van der Waals surface area contributed by atoms with E-state index in [1.54, 1.807) is 13.0 Å². The van der Waals surface area contributed by atoms with Gasteiger partial charge in [0.2, 0.25) is 0 Å². The predicted molar refractivity (Wildman–Crippen MR) is 184 cm³/mol. The summed E-state index contributed by atoms with van der Waals surface area (Å²) in [6.07, 6.45) is -1.37. The maximum Gasteiger partial charge on any atom is 0.522 e. The Hall–Kier alpha value is -3.88. The smallest absolute Gasteiger partial charge is 0.508 e. The van der Waals surface area contributed by atoms with Crippen molar-refractivity contribution in [3.63, 3.8) is 0 Å². The SMILES string of the molecule is CC.Cc1c(F)ccc2cc(O)cc(-c3nc4c5c(nc(OCC6(CN7CCC(OC(F)(F)F)C7)CC6)nc5c3F)N3CCNCC3CCC4)c12. The molecule has 0 radical (unpaired) electrons. The van der Waals surface area contributed by atoms with Crippen LogP contribution in [0.2, 0.25) is 0 Å². The second kappa shape index (κ2) is 13.9. The van der Waals surface area contributed by atoms with Gasteiger partial charge in [-0.15, -0.1) is 13.2 Å². The van der Waals surface area contributed by atoms with Gasteiger partial charge in [0.25, 0.3) is 0 Å². The zero-order chi connectivity index (χ0) is 36.1. The Morgan fingerprint density at radius 3 is 2.61 bits per heavy atom. The summed E-state index contributed by atoms with van der Waals surface area (Å²) in [4.78, 5) is 18.5. The van der Waals surface area contributed by atoms with Crippen molar-refractivity contribution in [2.45, 2.75) is 77.8 Å². The number of halogens is 5. The molecule has 2 aromatic carbocycles. The Kier molecular flexibility index (Phi) is 9.70. The van der Waals surface area contributed by atoms with Crippen molar-refractivity contribution < 1.29 is 36.5 Å². The third-order valence-electron chi connectivity index (χ3n) is 10.5. The number of anilines is 1. The molecule has 2 aromatic heterocycles. The Balaban J connectivity index is 0.00000200. The van der Waals surface area contributed by atoms with Crippen molar-refractivity contribution in [2.24, 2.45) is 5.41 Å². The van der Waals surface area contributed by atoms with E-state index in [0.29, 0.717) is 65.7 Å². The van der Waals surface area contributed by atoms with Crippen molar-refractivity contribution in [2.75, 3.05) is 50.8 Å². The van der Waals surface area contributed by atoms with Crippen molar-refractivity contribution in [1.29, 1.82) is 0 Å². The number of nitrogens with zero attached hydrogens (tertiary/aromatic N) is 5. The molecule has 8 rings (SSSR count). The fourth-order valence-electron chi connectivity index (χ4n) is 7.88. The molecule has 274 valence electrons. The van der Waals surface area contributed by atoms with Crippen LogP contribution in [0.15, 0.2) is 24.3 Å². The lowest BCUT2D eigenvalue weighted by atomic mass is 9.94. The molecule has 2 unspecified atom stereocenters. The number of aryl methyl sites for hydroxylation is 2. The average Bonchev–Trinajstić information content (AvgIpc) is 3.73. The van der Waals surface area contributed by atoms with E-state index in [-0.39, 0.29) is 53.1 Å². The number of likely N-dealkylation sites (tertiary alicyclic amines) is 1. The summed E-state index contributed by atoms with van der Waals surface area (Å²) in [6, 6.07) is 5.94. The highest BCUT2D eigenvalue weighted by Gasteiger charge is 2.47. The predicted octanol–water partition coefficient (Wildman–Crippen LogP) is 7.05. The first kappa shape index (κ1) is 35.5. The highest BCUT2D eigenvalue weighted by Crippen LogP contribution is 2.48. The van der Waals surface area contributed by atoms with Gasteiger partial charge >= 0.3 is 12.4 Å². The average molecular weight is 715 g/mol. The molecule has 1 saturated carbocycles. The number of fused-ring (bicyclic) bond motifs is 3. The summed E-state index contributed by atoms with van der Waals surface area (Å²) >= 11 is 0. The number of phenols is 1. The van der Waals surface area contributed by atoms with Crippen LogP contribution in [0.3, 0.4) is 0 Å². The van der Waals surface area contributed by atoms with Gasteiger partial charge in [-0.2, -0.15) is 9.97 Å². The summed E-state index contributed by atoms with van der Waals surface area (Å²) in [5.74, 6) is -0.716. The second-order valence-electron chi connectivity index (χ2n) is 14.0. The zero-order valence-corrected chi connectivity index (χ0v) is 29.0. The topological polar surface area (TPSA) is 95.9 Å². The Morgan fingerprint density at radius 2 is 1.84 bits per heavy atom. The largest absolute Gasteiger partial charge is 0.522 e. The lowest BCUT2D eigenvalue weighted by molar-refractivity contribution is -0.340. The number of hydrogen-bond acceptors (Lipinski definition) is 9. The van der Waals surface area contributed by atoms with E-state index in [1.807, 2.05) is 18.7 Å². The van der Waals surface area contributed by atoms with Crippen LogP contribution in [0.4, 0.5) is 27.8 Å². The fraction of sp³-hybridized carbons (Fsp3) is 0.541. The van der Waals surface area contributed by atoms with Crippen molar-refractivity contribution in [3.05, 3.63) is 47.2 Å². The molecule has 1 aliphatic carbocycles. The molecule has 0 amide bonds. The number of benzene rings is 2. The molecular formula is C37H43F5N6O3. The maximum absolute atomic E-state index is 17.0. The minimum absolute atomic E-state index is 0.0105. The number of rotatable bonds is 7. The van der Waals surface area contributed by atoms with Gasteiger partial charge < -0.3 is 20.1 Å². The summed E-state index contributed by atoms with van der Waals surface area (Å²) in [5, 5.41) is 15.6. The molecule has 3 aliphatic heterocycles. The summed E-state index contributed by atoms with van der Waals surface area (Å²) in [5.41, 5.74) is 0.942. The van der Waals surface area contributed by atoms with Gasteiger partial charge in [-0.1, -0.05) is 19.9 Å². The van der Waals surface area contributed by atoms with Crippen molar-refractivity contribution in [3.8, 4) is 23.0 Å². The molecule has 51 heavy (non-hydrogen) atoms. The minimum Gasteiger partial charge on any atom is -0.508 e. The molecule has 5 heterocycles. The third kappa shape index (κ3) is 7.14. The summed E-state index contributed by atoms with van der Waals surface area (Å²) < 4.78 is 80.7. The van der Waals surface area contributed by atoms with Gasteiger partial charge in [-0.25, -0.2) is 13.8 Å². The normalized spacial score (nSPS) is 21.5. The Morgan fingerprint density at radius 1 is 1.04 bits per heavy atom. The molecule has 4 aliphatic rings. The number of piperazine rings is 1. The van der Waals surface area contributed by atoms with Crippen LogP contribution in [0.1, 0.15) is 57.2 Å². The number of pyridine rings is 1. The number of phenolic OH excluding ortho intramolecular Hbond substituents is 1. The number of alkyl halides is 3. The van der Waals surface area contributed by atoms with Crippen LogP contribution in [-0.2, 0) is 11.2 Å². The quantitative estimate of drug-likeness (QED) is 0.196. The molecule has 0 spiro atoms. The van der Waals surface area contributed by atoms with E-state index < -0.39 is 24.1 Å². The van der Waals surface area contributed by atoms with Gasteiger partial charge in [0, 0.05) is 56.3 Å². The maximum atomic E-state index is 17.0. The van der Waals surface area contributed by atoms with E-state index >= 15 is 4.39 Å². The highest BCUT2D eigenvalue weighted by atomic mass is 19.4. The van der Waals surface area contributed by atoms with Crippen LogP contribution in [0.5, 0.6) is 11.8 Å². The minimum atomic E-state index is -4.66. The third-order valence-corrected chi connectivity index (χ3v) is 10.5. The lowest BCUT2D eigenvalue weighted by Crippen LogP contribution is -2.52. The van der Waals surface area contributed by atoms with Gasteiger partial charge in [-0.3, -0.25) is 9.64 Å². The number of nitrogens with one attached hydrogen (secondary N) is 1. The number of aromatic hydroxyl groups is 1. The molecule has 2 atom stereocenters. The van der Waals surface area contributed by atoms with E-state index in [2.05, 4.69) is 19.9 Å². The summed E-state index contributed by atoms with van der Waals surface area (Å²) in [7, 11) is 0. The highest BCUT2D eigenvalue weighted by molar-refractivity contribution is 6.02. The molecule has 0 bridgehead atoms. The van der Waals surface area contributed by atoms with Gasteiger partial charge in [-0.05, 0) is 80.0 Å². The van der Waals surface area contributed by atoms with E-state index in [9.17, 15) is 22.7 Å². The van der Waals surface area contributed by atoms with Crippen LogP contribution in [0.25, 0.3) is 32.9 Å². The molecule has 4 aromatic rings. The number of ether oxygens (including phenoxy) is 2. The molecule has 14 heteroatoms. The van der Waals surface area contributed by atoms with Gasteiger partial charge in [0.1, 0.15) is 28.6 Å². The first-order chi connectivity index (χ1) is 24.5. The first-order valence-corrected chi connectivity index (χ1v) is 17.9. The lowest BCUT2D eigenvalue weighted by Gasteiger charge is -2.39. The molecule has 2 saturated heterocycles. The number of aromatic nitrogens is 3. The summed E-state index contributed by atoms with van der Waals surface area (Å²) in [6.45, 7) is 9.22. The monoisotopic (exact) mass is 714 g/mol. The van der Waals surface area contributed by atoms with Crippen LogP contribution in [-0.4, -0.2) is 89.3 Å². The molecular weight excluding hydrogens is 671 g/mol. The fourth-order valence-corrected chi connectivity index (χ4v) is 7.88. The molecule has 9 nitrogen and oxygen atoms in total. The van der Waals surface area contributed by atoms with Gasteiger partial charge in [0.05, 0.1) is 23.8 Å². The zero-order valence-electron chi connectivity index (χ0n) is 29.0. The van der Waals surface area contributed by atoms with E-state index in [0.717, 1.165) is 38.8 Å². The molecule has 2 N–H and O–H groups in total. The standard InChI is InChI=1S/C35H37F5N6O3.C2H6/c1-19-25(36)6-5-20-13-22(47)14-24(27(19)20)30-29(37)31-28-26(42-30)4-2-3-21-15-41-10-12-46(21)32(28)44-33(43-31)48-18-34(8-9-34)17-45-11-7-23(16-45)49-35(38,39)40;1-2/h5-6,13-14,21,23,41,47H,2-4,7-12,15-18H2,1H3;1-2H3.